The number of anilines is 1. The Morgan fingerprint density at radius 3 is 2.85 bits per heavy atom. The first-order chi connectivity index (χ1) is 9.54. The second-order valence-corrected chi connectivity index (χ2v) is 5.56. The van der Waals surface area contributed by atoms with Crippen molar-refractivity contribution in [3.05, 3.63) is 18.1 Å². The predicted octanol–water partition coefficient (Wildman–Crippen LogP) is 1.01. The molecule has 0 bridgehead atoms. The third-order valence-corrected chi connectivity index (χ3v) is 3.63. The number of piperazine rings is 1. The highest BCUT2D eigenvalue weighted by Gasteiger charge is 2.37. The van der Waals surface area contributed by atoms with Crippen molar-refractivity contribution in [2.45, 2.75) is 39.3 Å². The van der Waals surface area contributed by atoms with E-state index in [4.69, 9.17) is 0 Å². The van der Waals surface area contributed by atoms with Gasteiger partial charge in [0, 0.05) is 26.2 Å². The summed E-state index contributed by atoms with van der Waals surface area (Å²) in [5, 5.41) is 6.09. The van der Waals surface area contributed by atoms with Gasteiger partial charge in [0.05, 0.1) is 23.6 Å². The van der Waals surface area contributed by atoms with Crippen LogP contribution in [0.25, 0.3) is 0 Å². The fourth-order valence-corrected chi connectivity index (χ4v) is 2.20. The molecule has 1 amide bonds. The van der Waals surface area contributed by atoms with Gasteiger partial charge in [-0.3, -0.25) is 14.7 Å². The smallest absolute Gasteiger partial charge is 0.240 e. The fourth-order valence-electron chi connectivity index (χ4n) is 2.20. The second-order valence-electron chi connectivity index (χ2n) is 5.56. The summed E-state index contributed by atoms with van der Waals surface area (Å²) in [5.74, 6) is 0.865. The topological polar surface area (TPSA) is 70.2 Å². The molecule has 1 aromatic heterocycles. The Morgan fingerprint density at radius 2 is 2.20 bits per heavy atom. The summed E-state index contributed by atoms with van der Waals surface area (Å²) in [7, 11) is 0. The first-order valence-corrected chi connectivity index (χ1v) is 7.12. The lowest BCUT2D eigenvalue weighted by Gasteiger charge is -2.40. The molecule has 1 aliphatic rings. The Balaban J connectivity index is 2.00. The normalized spacial score (nSPS) is 18.6. The number of hydrogen-bond acceptors (Lipinski definition) is 5. The van der Waals surface area contributed by atoms with Crippen molar-refractivity contribution in [2.24, 2.45) is 0 Å². The van der Waals surface area contributed by atoms with Gasteiger partial charge >= 0.3 is 0 Å². The molecule has 1 fully saturated rings. The summed E-state index contributed by atoms with van der Waals surface area (Å²) in [5.41, 5.74) is 0.383. The van der Waals surface area contributed by atoms with Crippen molar-refractivity contribution >= 4 is 11.7 Å². The van der Waals surface area contributed by atoms with Crippen LogP contribution in [0.15, 0.2) is 12.4 Å². The lowest BCUT2D eigenvalue weighted by molar-refractivity contribution is -0.135. The van der Waals surface area contributed by atoms with Crippen LogP contribution in [-0.4, -0.2) is 45.9 Å². The van der Waals surface area contributed by atoms with Gasteiger partial charge in [-0.05, 0) is 20.3 Å². The maximum absolute atomic E-state index is 11.9. The molecule has 1 aromatic rings. The minimum absolute atomic E-state index is 0.0675. The molecule has 0 aliphatic carbocycles. The van der Waals surface area contributed by atoms with E-state index in [1.165, 1.54) is 0 Å². The van der Waals surface area contributed by atoms with Crippen molar-refractivity contribution in [1.29, 1.82) is 0 Å². The number of nitrogens with one attached hydrogen (secondary N) is 2. The van der Waals surface area contributed by atoms with Crippen LogP contribution < -0.4 is 10.6 Å². The minimum Gasteiger partial charge on any atom is -0.369 e. The van der Waals surface area contributed by atoms with Crippen molar-refractivity contribution in [3.63, 3.8) is 0 Å². The number of amides is 1. The number of aromatic nitrogens is 2. The van der Waals surface area contributed by atoms with Crippen molar-refractivity contribution in [3.8, 4) is 0 Å². The van der Waals surface area contributed by atoms with E-state index in [1.54, 1.807) is 12.4 Å². The molecule has 1 aliphatic heterocycles. The van der Waals surface area contributed by atoms with Crippen LogP contribution in [0, 0.1) is 0 Å². The van der Waals surface area contributed by atoms with Crippen LogP contribution in [0.3, 0.4) is 0 Å². The zero-order valence-electron chi connectivity index (χ0n) is 12.4. The van der Waals surface area contributed by atoms with Crippen LogP contribution in [-0.2, 0) is 11.3 Å². The molecule has 0 saturated carbocycles. The quantitative estimate of drug-likeness (QED) is 0.840. The van der Waals surface area contributed by atoms with Crippen LogP contribution >= 0.6 is 0 Å². The lowest BCUT2D eigenvalue weighted by atomic mass is 9.99. The van der Waals surface area contributed by atoms with E-state index in [1.807, 2.05) is 13.8 Å². The molecule has 2 heterocycles. The van der Waals surface area contributed by atoms with E-state index in [2.05, 4.69) is 32.4 Å². The summed E-state index contributed by atoms with van der Waals surface area (Å²) in [6.07, 6.45) is 4.59. The van der Waals surface area contributed by atoms with Crippen molar-refractivity contribution < 1.29 is 4.79 Å². The Kier molecular flexibility index (Phi) is 4.54. The van der Waals surface area contributed by atoms with Gasteiger partial charge in [0.2, 0.25) is 5.91 Å². The van der Waals surface area contributed by atoms with Crippen molar-refractivity contribution in [2.75, 3.05) is 25.0 Å². The molecule has 0 spiro atoms. The van der Waals surface area contributed by atoms with Gasteiger partial charge < -0.3 is 10.6 Å². The van der Waals surface area contributed by atoms with Crippen LogP contribution in [0.1, 0.15) is 32.9 Å². The summed E-state index contributed by atoms with van der Waals surface area (Å²) < 4.78 is 0. The van der Waals surface area contributed by atoms with Gasteiger partial charge in [0.1, 0.15) is 5.82 Å². The number of carbonyl (C=O) groups excluding carboxylic acids is 1. The van der Waals surface area contributed by atoms with Gasteiger partial charge in [0.25, 0.3) is 0 Å². The highest BCUT2D eigenvalue weighted by atomic mass is 16.2. The predicted molar refractivity (Wildman–Crippen MR) is 78.3 cm³/mol. The number of hydrogen-bond donors (Lipinski definition) is 2. The molecule has 0 atom stereocenters. The number of nitrogens with zero attached hydrogens (tertiary/aromatic N) is 3. The lowest BCUT2D eigenvalue weighted by Crippen LogP contribution is -2.61. The fraction of sp³-hybridized carbons (Fsp3) is 0.643. The van der Waals surface area contributed by atoms with E-state index >= 15 is 0 Å². The molecule has 0 radical (unpaired) electrons. The van der Waals surface area contributed by atoms with Crippen LogP contribution in [0.2, 0.25) is 0 Å². The molecular weight excluding hydrogens is 254 g/mol. The molecule has 2 N–H and O–H groups in total. The molecule has 0 unspecified atom stereocenters. The number of carbonyl (C=O) groups is 1. The van der Waals surface area contributed by atoms with Crippen LogP contribution in [0.4, 0.5) is 5.82 Å². The van der Waals surface area contributed by atoms with E-state index < -0.39 is 5.54 Å². The molecular formula is C14H23N5O. The highest BCUT2D eigenvalue weighted by Crippen LogP contribution is 2.19. The average Bonchev–Trinajstić information content (AvgIpc) is 2.43. The Bertz CT molecular complexity index is 457. The molecule has 20 heavy (non-hydrogen) atoms. The van der Waals surface area contributed by atoms with Crippen molar-refractivity contribution in [1.82, 2.24) is 20.2 Å². The van der Waals surface area contributed by atoms with Crippen LogP contribution in [0.5, 0.6) is 0 Å². The Morgan fingerprint density at radius 1 is 1.40 bits per heavy atom. The third-order valence-electron chi connectivity index (χ3n) is 3.63. The summed E-state index contributed by atoms with van der Waals surface area (Å²) >= 11 is 0. The molecule has 0 aromatic carbocycles. The van der Waals surface area contributed by atoms with E-state index in [0.717, 1.165) is 31.0 Å². The number of rotatable bonds is 5. The second kappa shape index (κ2) is 6.17. The zero-order chi connectivity index (χ0) is 14.6. The Labute approximate surface area is 120 Å². The van der Waals surface area contributed by atoms with Gasteiger partial charge in [-0.1, -0.05) is 6.92 Å². The SMILES string of the molecule is CCCNc1cnc(CN2CCNC(=O)C2(C)C)cn1. The van der Waals surface area contributed by atoms with Gasteiger partial charge in [0.15, 0.2) is 0 Å². The third kappa shape index (κ3) is 3.25. The first kappa shape index (κ1) is 14.7. The maximum atomic E-state index is 11.9. The molecule has 2 rings (SSSR count). The van der Waals surface area contributed by atoms with Gasteiger partial charge in [-0.25, -0.2) is 4.98 Å². The Hall–Kier alpha value is -1.69. The first-order valence-electron chi connectivity index (χ1n) is 7.12. The largest absolute Gasteiger partial charge is 0.369 e. The van der Waals surface area contributed by atoms with E-state index in [9.17, 15) is 4.79 Å². The van der Waals surface area contributed by atoms with Gasteiger partial charge in [-0.15, -0.1) is 0 Å². The maximum Gasteiger partial charge on any atom is 0.240 e. The molecule has 6 heteroatoms. The summed E-state index contributed by atoms with van der Waals surface area (Å²) in [4.78, 5) is 22.8. The standard InChI is InChI=1S/C14H23N5O/c1-4-5-15-12-9-17-11(8-18-12)10-19-7-6-16-13(20)14(19,2)3/h8-9H,4-7,10H2,1-3H3,(H,15,18)(H,16,20). The summed E-state index contributed by atoms with van der Waals surface area (Å²) in [6.45, 7) is 9.04. The zero-order valence-corrected chi connectivity index (χ0v) is 12.4. The highest BCUT2D eigenvalue weighted by molar-refractivity contribution is 5.86. The molecule has 110 valence electrons. The average molecular weight is 277 g/mol. The monoisotopic (exact) mass is 277 g/mol. The molecule has 1 saturated heterocycles. The van der Waals surface area contributed by atoms with Gasteiger partial charge in [-0.2, -0.15) is 0 Å². The van der Waals surface area contributed by atoms with E-state index in [0.29, 0.717) is 13.1 Å². The minimum atomic E-state index is -0.501. The summed E-state index contributed by atoms with van der Waals surface area (Å²) in [6, 6.07) is 0. The van der Waals surface area contributed by atoms with E-state index in [-0.39, 0.29) is 5.91 Å². The molecule has 6 nitrogen and oxygen atoms in total.